The molecule has 0 radical (unpaired) electrons. The van der Waals surface area contributed by atoms with Gasteiger partial charge in [-0.3, -0.25) is 0 Å². The van der Waals surface area contributed by atoms with Crippen molar-refractivity contribution in [3.63, 3.8) is 0 Å². The third kappa shape index (κ3) is 3.43. The highest BCUT2D eigenvalue weighted by atomic mass is 14.5. The summed E-state index contributed by atoms with van der Waals surface area (Å²) in [6.07, 6.45) is 3.77. The van der Waals surface area contributed by atoms with Crippen LogP contribution in [0.3, 0.4) is 0 Å². The van der Waals surface area contributed by atoms with E-state index in [9.17, 15) is 0 Å². The second-order valence-corrected chi connectivity index (χ2v) is 3.89. The lowest BCUT2D eigenvalue weighted by Gasteiger charge is -1.93. The molecule has 0 unspecified atom stereocenters. The number of nitrogens with two attached hydrogens (primary N) is 2. The van der Waals surface area contributed by atoms with Gasteiger partial charge in [-0.05, 0) is 54.1 Å². The Kier molecular flexibility index (Phi) is 3.68. The third-order valence-electron chi connectivity index (χ3n) is 2.42. The Morgan fingerprint density at radius 2 is 1.33 bits per heavy atom. The molecule has 0 aliphatic heterocycles. The van der Waals surface area contributed by atoms with E-state index in [-0.39, 0.29) is 0 Å². The summed E-state index contributed by atoms with van der Waals surface area (Å²) in [4.78, 5) is 0. The lowest BCUT2D eigenvalue weighted by molar-refractivity contribution is 1.63. The summed E-state index contributed by atoms with van der Waals surface area (Å²) in [6.45, 7) is 0. The minimum Gasteiger partial charge on any atom is -0.399 e. The van der Waals surface area contributed by atoms with E-state index in [0.717, 1.165) is 22.5 Å². The van der Waals surface area contributed by atoms with Crippen molar-refractivity contribution in [3.05, 3.63) is 65.7 Å². The van der Waals surface area contributed by atoms with Gasteiger partial charge in [-0.1, -0.05) is 24.0 Å². The van der Waals surface area contributed by atoms with Crippen LogP contribution in [0.5, 0.6) is 0 Å². The van der Waals surface area contributed by atoms with Gasteiger partial charge in [0.1, 0.15) is 0 Å². The monoisotopic (exact) mass is 234 g/mol. The summed E-state index contributed by atoms with van der Waals surface area (Å²) in [5.41, 5.74) is 14.7. The minimum absolute atomic E-state index is 0.748. The zero-order valence-electron chi connectivity index (χ0n) is 9.93. The van der Waals surface area contributed by atoms with Gasteiger partial charge >= 0.3 is 0 Å². The van der Waals surface area contributed by atoms with Gasteiger partial charge in [0.2, 0.25) is 0 Å². The van der Waals surface area contributed by atoms with Gasteiger partial charge in [0.15, 0.2) is 0 Å². The molecule has 2 aromatic carbocycles. The Labute approximate surface area is 107 Å². The van der Waals surface area contributed by atoms with Crippen LogP contribution in [0.2, 0.25) is 0 Å². The highest BCUT2D eigenvalue weighted by Gasteiger charge is 1.86. The summed E-state index contributed by atoms with van der Waals surface area (Å²) in [7, 11) is 0. The van der Waals surface area contributed by atoms with Gasteiger partial charge in [0, 0.05) is 16.9 Å². The second-order valence-electron chi connectivity index (χ2n) is 3.89. The van der Waals surface area contributed by atoms with Crippen molar-refractivity contribution in [2.24, 2.45) is 0 Å². The third-order valence-corrected chi connectivity index (χ3v) is 2.42. The van der Waals surface area contributed by atoms with Crippen molar-refractivity contribution in [3.8, 4) is 11.8 Å². The molecule has 2 heteroatoms. The highest BCUT2D eigenvalue weighted by molar-refractivity contribution is 5.56. The molecule has 0 saturated carbocycles. The highest BCUT2D eigenvalue weighted by Crippen LogP contribution is 2.07. The van der Waals surface area contributed by atoms with Crippen molar-refractivity contribution in [1.82, 2.24) is 0 Å². The summed E-state index contributed by atoms with van der Waals surface area (Å²) in [5.74, 6) is 6.02. The van der Waals surface area contributed by atoms with Crippen molar-refractivity contribution in [1.29, 1.82) is 0 Å². The Morgan fingerprint density at radius 3 is 1.94 bits per heavy atom. The van der Waals surface area contributed by atoms with Crippen LogP contribution in [0.1, 0.15) is 11.1 Å². The topological polar surface area (TPSA) is 52.0 Å². The molecule has 0 atom stereocenters. The second kappa shape index (κ2) is 5.60. The molecule has 0 aromatic heterocycles. The first-order valence-corrected chi connectivity index (χ1v) is 5.63. The maximum atomic E-state index is 5.61. The summed E-state index contributed by atoms with van der Waals surface area (Å²) in [6, 6.07) is 15.1. The van der Waals surface area contributed by atoms with Crippen molar-refractivity contribution in [2.75, 3.05) is 11.5 Å². The van der Waals surface area contributed by atoms with Gasteiger partial charge in [-0.2, -0.15) is 0 Å². The van der Waals surface area contributed by atoms with Crippen molar-refractivity contribution in [2.45, 2.75) is 0 Å². The average molecular weight is 234 g/mol. The van der Waals surface area contributed by atoms with Crippen LogP contribution in [-0.4, -0.2) is 0 Å². The van der Waals surface area contributed by atoms with Crippen molar-refractivity contribution < 1.29 is 0 Å². The van der Waals surface area contributed by atoms with Gasteiger partial charge in [-0.15, -0.1) is 0 Å². The normalized spacial score (nSPS) is 10.0. The number of nitrogen functional groups attached to an aromatic ring is 2. The molecule has 2 rings (SSSR count). The minimum atomic E-state index is 0.748. The molecule has 18 heavy (non-hydrogen) atoms. The largest absolute Gasteiger partial charge is 0.399 e. The maximum absolute atomic E-state index is 5.61. The molecular weight excluding hydrogens is 220 g/mol. The van der Waals surface area contributed by atoms with Crippen LogP contribution in [0.4, 0.5) is 11.4 Å². The number of hydrogen-bond acceptors (Lipinski definition) is 2. The van der Waals surface area contributed by atoms with E-state index < -0.39 is 0 Å². The van der Waals surface area contributed by atoms with E-state index >= 15 is 0 Å². The van der Waals surface area contributed by atoms with E-state index in [1.807, 2.05) is 60.7 Å². The Balaban J connectivity index is 2.03. The fourth-order valence-electron chi connectivity index (χ4n) is 1.44. The number of hydrogen-bond donors (Lipinski definition) is 2. The average Bonchev–Trinajstić information content (AvgIpc) is 2.39. The van der Waals surface area contributed by atoms with E-state index in [1.165, 1.54) is 0 Å². The summed E-state index contributed by atoms with van der Waals surface area (Å²) >= 11 is 0. The predicted molar refractivity (Wildman–Crippen MR) is 77.6 cm³/mol. The fourth-order valence-corrected chi connectivity index (χ4v) is 1.44. The summed E-state index contributed by atoms with van der Waals surface area (Å²) < 4.78 is 0. The molecule has 2 nitrogen and oxygen atoms in total. The Bertz CT molecular complexity index is 596. The molecule has 0 saturated heterocycles. The SMILES string of the molecule is Nc1ccc(C#C/C=C/c2ccc(N)cc2)cc1. The molecule has 0 aliphatic carbocycles. The number of anilines is 2. The molecule has 0 spiro atoms. The van der Waals surface area contributed by atoms with Gasteiger partial charge in [0.25, 0.3) is 0 Å². The molecule has 0 fully saturated rings. The van der Waals surface area contributed by atoms with Crippen LogP contribution in [0.15, 0.2) is 54.6 Å². The van der Waals surface area contributed by atoms with Gasteiger partial charge in [-0.25, -0.2) is 0 Å². The van der Waals surface area contributed by atoms with Crippen LogP contribution in [-0.2, 0) is 0 Å². The summed E-state index contributed by atoms with van der Waals surface area (Å²) in [5, 5.41) is 0. The number of benzene rings is 2. The Morgan fingerprint density at radius 1 is 0.778 bits per heavy atom. The van der Waals surface area contributed by atoms with Crippen LogP contribution >= 0.6 is 0 Å². The van der Waals surface area contributed by atoms with Crippen LogP contribution in [0.25, 0.3) is 6.08 Å². The zero-order valence-corrected chi connectivity index (χ0v) is 9.93. The number of rotatable bonds is 1. The lowest BCUT2D eigenvalue weighted by Crippen LogP contribution is -1.83. The molecule has 0 aliphatic rings. The first kappa shape index (κ1) is 11.8. The van der Waals surface area contributed by atoms with Crippen LogP contribution in [0, 0.1) is 11.8 Å². The van der Waals surface area contributed by atoms with E-state index in [0.29, 0.717) is 0 Å². The van der Waals surface area contributed by atoms with Gasteiger partial charge < -0.3 is 11.5 Å². The molecular formula is C16H14N2. The smallest absolute Gasteiger partial charge is 0.0314 e. The molecule has 2 aromatic rings. The predicted octanol–water partition coefficient (Wildman–Crippen LogP) is 2.92. The molecule has 0 heterocycles. The molecule has 0 bridgehead atoms. The molecule has 88 valence electrons. The molecule has 0 amide bonds. The van der Waals surface area contributed by atoms with E-state index in [2.05, 4.69) is 11.8 Å². The standard InChI is InChI=1S/C16H14N2/c17-15-9-5-13(6-10-15)3-1-2-4-14-7-11-16(18)12-8-14/h1,3,5-12H,17-18H2/b3-1+. The van der Waals surface area contributed by atoms with Gasteiger partial charge in [0.05, 0.1) is 0 Å². The first-order chi connectivity index (χ1) is 8.74. The quantitative estimate of drug-likeness (QED) is 0.589. The van der Waals surface area contributed by atoms with E-state index in [1.54, 1.807) is 0 Å². The number of allylic oxidation sites excluding steroid dienone is 1. The Hall–Kier alpha value is -2.66. The first-order valence-electron chi connectivity index (χ1n) is 5.63. The van der Waals surface area contributed by atoms with E-state index in [4.69, 9.17) is 11.5 Å². The lowest BCUT2D eigenvalue weighted by atomic mass is 10.2. The van der Waals surface area contributed by atoms with Crippen LogP contribution < -0.4 is 11.5 Å². The van der Waals surface area contributed by atoms with Crippen molar-refractivity contribution >= 4 is 17.5 Å². The fraction of sp³-hybridized carbons (Fsp3) is 0. The zero-order chi connectivity index (χ0) is 12.8. The maximum Gasteiger partial charge on any atom is 0.0314 e. The molecule has 4 N–H and O–H groups in total.